The lowest BCUT2D eigenvalue weighted by atomic mass is 9.82. The Labute approximate surface area is 299 Å². The third-order valence-corrected chi connectivity index (χ3v) is 10.5. The second-order valence-electron chi connectivity index (χ2n) is 14.0. The summed E-state index contributed by atoms with van der Waals surface area (Å²) in [7, 11) is 0. The number of unbranched alkanes of at least 4 members (excludes halogenated alkanes) is 6. The largest absolute Gasteiger partial charge is 0.506 e. The number of piperidine rings is 3. The van der Waals surface area contributed by atoms with Gasteiger partial charge in [0.2, 0.25) is 5.56 Å². The maximum absolute atomic E-state index is 12.9. The number of H-pyrrole nitrogens is 1. The summed E-state index contributed by atoms with van der Waals surface area (Å²) in [4.78, 5) is 35.8. The van der Waals surface area contributed by atoms with E-state index in [2.05, 4.69) is 20.2 Å². The maximum Gasteiger partial charge on any atom is 0.408 e. The Hall–Kier alpha value is -4.45. The molecule has 11 heteroatoms. The first-order valence-electron chi connectivity index (χ1n) is 18.5. The average molecular weight is 698 g/mol. The Kier molecular flexibility index (Phi) is 12.6. The van der Waals surface area contributed by atoms with Crippen LogP contribution >= 0.6 is 0 Å². The maximum atomic E-state index is 12.9. The van der Waals surface area contributed by atoms with Crippen LogP contribution < -0.4 is 15.6 Å². The summed E-state index contributed by atoms with van der Waals surface area (Å²) >= 11 is 0. The molecule has 1 amide bonds. The molecule has 0 saturated carbocycles. The number of fused-ring (bicyclic) bond motifs is 4. The molecular formula is C40H51N5O6. The van der Waals surface area contributed by atoms with Gasteiger partial charge in [-0.1, -0.05) is 56.4 Å². The molecule has 3 fully saturated rings. The number of carbonyl (C=O) groups is 1. The number of benzene rings is 2. The van der Waals surface area contributed by atoms with Gasteiger partial charge >= 0.3 is 6.09 Å². The van der Waals surface area contributed by atoms with Crippen LogP contribution in [0.1, 0.15) is 86.8 Å². The van der Waals surface area contributed by atoms with E-state index >= 15 is 0 Å². The molecule has 3 saturated heterocycles. The number of amides is 1. The van der Waals surface area contributed by atoms with Crippen molar-refractivity contribution in [3.05, 3.63) is 100 Å². The highest BCUT2D eigenvalue weighted by Crippen LogP contribution is 2.38. The lowest BCUT2D eigenvalue weighted by Gasteiger charge is -2.50. The molecule has 3 aliphatic rings. The van der Waals surface area contributed by atoms with Crippen LogP contribution in [0.4, 0.5) is 4.79 Å². The van der Waals surface area contributed by atoms with Crippen molar-refractivity contribution < 1.29 is 24.9 Å². The van der Waals surface area contributed by atoms with Crippen LogP contribution in [-0.2, 0) is 0 Å². The van der Waals surface area contributed by atoms with E-state index in [4.69, 9.17) is 4.74 Å². The molecule has 5 heterocycles. The minimum Gasteiger partial charge on any atom is -0.506 e. The number of pyridine rings is 2. The fraction of sp³-hybridized carbons (Fsp3) is 0.475. The van der Waals surface area contributed by atoms with Crippen molar-refractivity contribution in [2.24, 2.45) is 5.92 Å². The van der Waals surface area contributed by atoms with E-state index in [0.717, 1.165) is 101 Å². The molecule has 1 unspecified atom stereocenters. The number of aliphatic hydroxyl groups is 1. The Morgan fingerprint density at radius 2 is 1.76 bits per heavy atom. The minimum atomic E-state index is -0.911. The average Bonchev–Trinajstić information content (AvgIpc) is 3.15. The third kappa shape index (κ3) is 9.27. The van der Waals surface area contributed by atoms with Gasteiger partial charge in [0.1, 0.15) is 17.5 Å². The number of hydrogen-bond acceptors (Lipinski definition) is 8. The summed E-state index contributed by atoms with van der Waals surface area (Å²) in [5.74, 6) is 1.10. The predicted octanol–water partition coefficient (Wildman–Crippen LogP) is 6.23. The Bertz CT molecular complexity index is 1780. The van der Waals surface area contributed by atoms with Crippen LogP contribution in [0.25, 0.3) is 10.9 Å². The summed E-state index contributed by atoms with van der Waals surface area (Å²) in [6.07, 6.45) is 9.75. The number of aromatic amines is 1. The van der Waals surface area contributed by atoms with Gasteiger partial charge < -0.3 is 35.3 Å². The highest BCUT2D eigenvalue weighted by molar-refractivity contribution is 5.87. The highest BCUT2D eigenvalue weighted by atomic mass is 16.5. The summed E-state index contributed by atoms with van der Waals surface area (Å²) < 4.78 is 6.17. The summed E-state index contributed by atoms with van der Waals surface area (Å²) in [5.41, 5.74) is 2.31. The van der Waals surface area contributed by atoms with Crippen LogP contribution in [0.2, 0.25) is 0 Å². The molecule has 7 rings (SSSR count). The SMILES string of the molecule is O=C(O)N(C1CN2CCC1CC2)[C@H](c1cccc(OCCCCCCCCCNC[C@H](O)c2ccc(O)c3[nH]c(=O)ccc23)c1)c1ccccn1. The van der Waals surface area contributed by atoms with Gasteiger partial charge in [0.15, 0.2) is 0 Å². The fourth-order valence-corrected chi connectivity index (χ4v) is 7.80. The van der Waals surface area contributed by atoms with Crippen molar-refractivity contribution in [1.82, 2.24) is 25.1 Å². The van der Waals surface area contributed by atoms with Gasteiger partial charge in [-0.2, -0.15) is 0 Å². The normalized spacial score (nSPS) is 19.5. The fourth-order valence-electron chi connectivity index (χ4n) is 7.80. The van der Waals surface area contributed by atoms with Gasteiger partial charge in [-0.3, -0.25) is 14.7 Å². The van der Waals surface area contributed by atoms with E-state index in [1.54, 1.807) is 23.2 Å². The number of hydrogen-bond donors (Lipinski definition) is 5. The van der Waals surface area contributed by atoms with Crippen molar-refractivity contribution in [1.29, 1.82) is 0 Å². The molecule has 5 N–H and O–H groups in total. The second kappa shape index (κ2) is 17.7. The number of carboxylic acid groups (broad SMARTS) is 1. The third-order valence-electron chi connectivity index (χ3n) is 10.5. The van der Waals surface area contributed by atoms with Crippen molar-refractivity contribution in [2.45, 2.75) is 76.0 Å². The van der Waals surface area contributed by atoms with Crippen molar-refractivity contribution in [2.75, 3.05) is 39.3 Å². The van der Waals surface area contributed by atoms with Gasteiger partial charge in [-0.25, -0.2) is 4.79 Å². The zero-order valence-corrected chi connectivity index (χ0v) is 29.3. The number of aromatic hydroxyl groups is 1. The molecule has 2 aromatic carbocycles. The number of nitrogens with one attached hydrogen (secondary N) is 2. The number of aromatic nitrogens is 2. The van der Waals surface area contributed by atoms with Crippen molar-refractivity contribution >= 4 is 17.0 Å². The Morgan fingerprint density at radius 1 is 0.980 bits per heavy atom. The number of phenolic OH excluding ortho intramolecular Hbond substituents is 1. The van der Waals surface area contributed by atoms with E-state index in [-0.39, 0.29) is 17.4 Å². The molecule has 0 aliphatic carbocycles. The summed E-state index contributed by atoms with van der Waals surface area (Å²) in [6, 6.07) is 19.2. The first kappa shape index (κ1) is 36.3. The van der Waals surface area contributed by atoms with Gasteiger partial charge in [-0.05, 0) is 98.8 Å². The van der Waals surface area contributed by atoms with E-state index in [1.807, 2.05) is 42.5 Å². The molecule has 2 bridgehead atoms. The van der Waals surface area contributed by atoms with Crippen LogP contribution in [0.5, 0.6) is 11.5 Å². The zero-order valence-electron chi connectivity index (χ0n) is 29.3. The molecule has 3 aliphatic heterocycles. The van der Waals surface area contributed by atoms with Crippen LogP contribution in [-0.4, -0.2) is 86.6 Å². The lowest BCUT2D eigenvalue weighted by Crippen LogP contribution is -2.59. The quantitative estimate of drug-likeness (QED) is 0.0763. The van der Waals surface area contributed by atoms with Crippen molar-refractivity contribution in [3.63, 3.8) is 0 Å². The number of aliphatic hydroxyl groups excluding tert-OH is 1. The molecule has 51 heavy (non-hydrogen) atoms. The zero-order chi connectivity index (χ0) is 35.6. The topological polar surface area (TPSA) is 151 Å². The second-order valence-corrected chi connectivity index (χ2v) is 14.0. The molecule has 0 radical (unpaired) electrons. The first-order valence-corrected chi connectivity index (χ1v) is 18.5. The molecular weight excluding hydrogens is 646 g/mol. The van der Waals surface area contributed by atoms with Gasteiger partial charge in [0.25, 0.3) is 0 Å². The number of nitrogens with zero attached hydrogens (tertiary/aromatic N) is 3. The predicted molar refractivity (Wildman–Crippen MR) is 197 cm³/mol. The van der Waals surface area contributed by atoms with E-state index < -0.39 is 18.2 Å². The summed E-state index contributed by atoms with van der Waals surface area (Å²) in [5, 5.41) is 35.3. The van der Waals surface area contributed by atoms with Gasteiger partial charge in [0.05, 0.1) is 30.0 Å². The Morgan fingerprint density at radius 3 is 2.49 bits per heavy atom. The molecule has 2 aromatic heterocycles. The lowest BCUT2D eigenvalue weighted by molar-refractivity contribution is -0.00137. The number of ether oxygens (including phenoxy) is 1. The molecule has 3 atom stereocenters. The monoisotopic (exact) mass is 697 g/mol. The summed E-state index contributed by atoms with van der Waals surface area (Å²) in [6.45, 7) is 4.67. The van der Waals surface area contributed by atoms with Gasteiger partial charge in [0, 0.05) is 30.7 Å². The van der Waals surface area contributed by atoms with E-state index in [1.165, 1.54) is 12.1 Å². The van der Waals surface area contributed by atoms with E-state index in [0.29, 0.717) is 35.5 Å². The number of rotatable bonds is 18. The number of phenols is 1. The molecule has 4 aromatic rings. The smallest absolute Gasteiger partial charge is 0.408 e. The van der Waals surface area contributed by atoms with Gasteiger partial charge in [-0.15, -0.1) is 0 Å². The van der Waals surface area contributed by atoms with Crippen LogP contribution in [0, 0.1) is 5.92 Å². The van der Waals surface area contributed by atoms with E-state index in [9.17, 15) is 24.9 Å². The molecule has 11 nitrogen and oxygen atoms in total. The highest BCUT2D eigenvalue weighted by Gasteiger charge is 2.43. The Balaban J connectivity index is 0.902. The minimum absolute atomic E-state index is 0.0138. The standard InChI is InChI=1S/C40H51N5O6/c46-35-16-14-31(32-15-17-37(48)43-38(32)35)36(47)26-41-20-7-4-2-1-3-5-9-24-51-30-12-10-11-29(25-30)39(33-13-6-8-21-42-33)45(40(49)50)34-27-44-22-18-28(34)19-23-44/h6,8,10-17,21,25,28,34,36,39,41,46-47H,1-5,7,9,18-20,22-24,26-27H2,(H,43,48)(H,49,50)/t34?,36-,39+/m0/s1. The van der Waals surface area contributed by atoms with Crippen LogP contribution in [0.3, 0.4) is 0 Å². The molecule has 0 spiro atoms. The first-order chi connectivity index (χ1) is 24.9. The van der Waals surface area contributed by atoms with Crippen molar-refractivity contribution in [3.8, 4) is 11.5 Å². The molecule has 272 valence electrons. The van der Waals surface area contributed by atoms with Crippen LogP contribution in [0.15, 0.2) is 77.7 Å².